The molecule has 1 amide bonds. The smallest absolute Gasteiger partial charge is 0.226 e. The van der Waals surface area contributed by atoms with Gasteiger partial charge in [0.2, 0.25) is 5.91 Å². The first kappa shape index (κ1) is 19.4. The minimum atomic E-state index is 0.0332. The highest BCUT2D eigenvalue weighted by Crippen LogP contribution is 2.55. The van der Waals surface area contributed by atoms with Gasteiger partial charge in [0.05, 0.1) is 17.8 Å². The van der Waals surface area contributed by atoms with E-state index >= 15 is 0 Å². The van der Waals surface area contributed by atoms with E-state index in [1.165, 1.54) is 33.6 Å². The van der Waals surface area contributed by atoms with Crippen LogP contribution in [-0.2, 0) is 11.2 Å². The average molecular weight is 438 g/mol. The van der Waals surface area contributed by atoms with E-state index in [9.17, 15) is 4.79 Å². The van der Waals surface area contributed by atoms with Gasteiger partial charge in [-0.25, -0.2) is 4.98 Å². The summed E-state index contributed by atoms with van der Waals surface area (Å²) in [6.45, 7) is 0.694. The molecule has 2 bridgehead atoms. The highest BCUT2D eigenvalue weighted by Gasteiger charge is 2.42. The number of aromatic nitrogens is 2. The van der Waals surface area contributed by atoms with Crippen molar-refractivity contribution >= 4 is 17.2 Å². The fourth-order valence-electron chi connectivity index (χ4n) is 5.43. The van der Waals surface area contributed by atoms with E-state index < -0.39 is 0 Å². The number of carbonyl (C=O) groups excluding carboxylic acids is 1. The van der Waals surface area contributed by atoms with Crippen molar-refractivity contribution in [2.75, 3.05) is 6.54 Å². The zero-order valence-electron chi connectivity index (χ0n) is 17.6. The van der Waals surface area contributed by atoms with Gasteiger partial charge in [-0.05, 0) is 46.7 Å². The third kappa shape index (κ3) is 3.33. The number of rotatable bonds is 5. The summed E-state index contributed by atoms with van der Waals surface area (Å²) >= 11 is 1.53. The molecule has 3 aliphatic carbocycles. The zero-order valence-corrected chi connectivity index (χ0v) is 18.4. The van der Waals surface area contributed by atoms with E-state index in [1.54, 1.807) is 6.20 Å². The maximum absolute atomic E-state index is 12.7. The van der Waals surface area contributed by atoms with Crippen LogP contribution in [0.3, 0.4) is 0 Å². The van der Waals surface area contributed by atoms with E-state index in [0.29, 0.717) is 30.7 Å². The Labute approximate surface area is 191 Å². The lowest BCUT2D eigenvalue weighted by atomic mass is 9.59. The minimum Gasteiger partial charge on any atom is -0.355 e. The number of benzene rings is 2. The zero-order chi connectivity index (χ0) is 21.5. The standard InChI is InChI=1S/C27H23N3OS/c31-25(14-18-16-32-27(30-18)24-11-5-6-12-28-24)29-15-17-13-23-19-7-1-3-9-21(19)26(17)22-10-4-2-8-20(22)23/h1-12,16-17,23,26H,13-15H2,(H,29,31)/t17-,23?,26?/m1/s1. The number of carbonyl (C=O) groups is 1. The third-order valence-electron chi connectivity index (χ3n) is 6.76. The van der Waals surface area contributed by atoms with E-state index in [4.69, 9.17) is 0 Å². The molecule has 7 rings (SSSR count). The Morgan fingerprint density at radius 2 is 1.62 bits per heavy atom. The lowest BCUT2D eigenvalue weighted by Gasteiger charge is -2.45. The van der Waals surface area contributed by atoms with Gasteiger partial charge in [-0.3, -0.25) is 9.78 Å². The number of hydrogen-bond donors (Lipinski definition) is 1. The summed E-state index contributed by atoms with van der Waals surface area (Å²) in [6.07, 6.45) is 3.15. The summed E-state index contributed by atoms with van der Waals surface area (Å²) in [4.78, 5) is 21.7. The van der Waals surface area contributed by atoms with Gasteiger partial charge in [0.25, 0.3) is 0 Å². The van der Waals surface area contributed by atoms with Crippen molar-refractivity contribution in [1.29, 1.82) is 0 Å². The van der Waals surface area contributed by atoms with Crippen LogP contribution in [0.4, 0.5) is 0 Å². The van der Waals surface area contributed by atoms with Gasteiger partial charge in [0.15, 0.2) is 0 Å². The molecule has 1 N–H and O–H groups in total. The molecule has 0 spiro atoms. The van der Waals surface area contributed by atoms with Crippen molar-refractivity contribution in [2.24, 2.45) is 5.92 Å². The van der Waals surface area contributed by atoms with Crippen LogP contribution in [-0.4, -0.2) is 22.4 Å². The van der Waals surface area contributed by atoms with E-state index in [2.05, 4.69) is 63.8 Å². The molecule has 0 saturated heterocycles. The monoisotopic (exact) mass is 437 g/mol. The van der Waals surface area contributed by atoms with E-state index in [-0.39, 0.29) is 5.91 Å². The Morgan fingerprint density at radius 1 is 0.938 bits per heavy atom. The summed E-state index contributed by atoms with van der Waals surface area (Å²) in [7, 11) is 0. The van der Waals surface area contributed by atoms with E-state index in [0.717, 1.165) is 22.8 Å². The molecule has 158 valence electrons. The van der Waals surface area contributed by atoms with Crippen LogP contribution < -0.4 is 5.32 Å². The van der Waals surface area contributed by atoms with Crippen LogP contribution in [0.5, 0.6) is 0 Å². The van der Waals surface area contributed by atoms with Crippen LogP contribution in [0, 0.1) is 5.92 Å². The quantitative estimate of drug-likeness (QED) is 0.469. The molecule has 2 heterocycles. The summed E-state index contributed by atoms with van der Waals surface area (Å²) < 4.78 is 0. The van der Waals surface area contributed by atoms with Crippen molar-refractivity contribution < 1.29 is 4.79 Å². The maximum Gasteiger partial charge on any atom is 0.226 e. The molecule has 2 aromatic heterocycles. The Hall–Kier alpha value is -3.31. The van der Waals surface area contributed by atoms with Crippen LogP contribution in [0.2, 0.25) is 0 Å². The molecule has 0 unspecified atom stereocenters. The molecule has 0 saturated carbocycles. The fourth-order valence-corrected chi connectivity index (χ4v) is 6.22. The first-order chi connectivity index (χ1) is 15.8. The van der Waals surface area contributed by atoms with Gasteiger partial charge >= 0.3 is 0 Å². The van der Waals surface area contributed by atoms with Crippen molar-refractivity contribution in [3.05, 3.63) is 106 Å². The van der Waals surface area contributed by atoms with Crippen LogP contribution in [0.15, 0.2) is 78.3 Å². The number of nitrogens with zero attached hydrogens (tertiary/aromatic N) is 2. The molecule has 2 aromatic carbocycles. The molecule has 0 radical (unpaired) electrons. The second kappa shape index (κ2) is 7.99. The number of pyridine rings is 1. The predicted molar refractivity (Wildman–Crippen MR) is 127 cm³/mol. The summed E-state index contributed by atoms with van der Waals surface area (Å²) in [5.74, 6) is 1.22. The van der Waals surface area contributed by atoms with Crippen LogP contribution in [0.25, 0.3) is 10.7 Å². The van der Waals surface area contributed by atoms with Gasteiger partial charge in [-0.2, -0.15) is 0 Å². The summed E-state index contributed by atoms with van der Waals surface area (Å²) in [5.41, 5.74) is 7.43. The first-order valence-electron chi connectivity index (χ1n) is 11.1. The Morgan fingerprint density at radius 3 is 2.31 bits per heavy atom. The molecule has 32 heavy (non-hydrogen) atoms. The molecule has 4 nitrogen and oxygen atoms in total. The van der Waals surface area contributed by atoms with Crippen molar-refractivity contribution in [1.82, 2.24) is 15.3 Å². The van der Waals surface area contributed by atoms with Crippen LogP contribution >= 0.6 is 11.3 Å². The minimum absolute atomic E-state index is 0.0332. The number of nitrogens with one attached hydrogen (secondary N) is 1. The molecular weight excluding hydrogens is 414 g/mol. The maximum atomic E-state index is 12.7. The number of hydrogen-bond acceptors (Lipinski definition) is 4. The molecular formula is C27H23N3OS. The molecule has 0 aliphatic heterocycles. The van der Waals surface area contributed by atoms with Crippen molar-refractivity contribution in [2.45, 2.75) is 24.7 Å². The number of amides is 1. The normalized spacial score (nSPS) is 20.4. The largest absolute Gasteiger partial charge is 0.355 e. The van der Waals surface area contributed by atoms with Gasteiger partial charge in [0, 0.05) is 30.0 Å². The van der Waals surface area contributed by atoms with Crippen LogP contribution in [0.1, 0.15) is 46.2 Å². The van der Waals surface area contributed by atoms with Gasteiger partial charge in [0.1, 0.15) is 5.01 Å². The van der Waals surface area contributed by atoms with E-state index in [1.807, 2.05) is 23.6 Å². The second-order valence-corrected chi connectivity index (χ2v) is 9.48. The molecule has 5 heteroatoms. The summed E-state index contributed by atoms with van der Waals surface area (Å²) in [6, 6.07) is 23.4. The Bertz CT molecular complexity index is 1240. The van der Waals surface area contributed by atoms with Gasteiger partial charge in [-0.1, -0.05) is 54.6 Å². The Kier molecular flexibility index (Phi) is 4.84. The fraction of sp³-hybridized carbons (Fsp3) is 0.222. The highest BCUT2D eigenvalue weighted by atomic mass is 32.1. The molecule has 4 aromatic rings. The third-order valence-corrected chi connectivity index (χ3v) is 7.68. The topological polar surface area (TPSA) is 54.9 Å². The Balaban J connectivity index is 1.16. The average Bonchev–Trinajstić information content (AvgIpc) is 3.32. The first-order valence-corrected chi connectivity index (χ1v) is 12.0. The molecule has 3 aliphatic rings. The lowest BCUT2D eigenvalue weighted by Crippen LogP contribution is -2.39. The molecule has 0 fully saturated rings. The van der Waals surface area contributed by atoms with Crippen molar-refractivity contribution in [3.63, 3.8) is 0 Å². The second-order valence-electron chi connectivity index (χ2n) is 8.62. The lowest BCUT2D eigenvalue weighted by molar-refractivity contribution is -0.120. The SMILES string of the molecule is O=C(Cc1csc(-c2ccccn2)n1)NC[C@H]1CC2c3ccccc3C1c1ccccc12. The number of thiazole rings is 1. The molecule has 1 atom stereocenters. The highest BCUT2D eigenvalue weighted by molar-refractivity contribution is 7.13. The van der Waals surface area contributed by atoms with Crippen molar-refractivity contribution in [3.8, 4) is 10.7 Å². The predicted octanol–water partition coefficient (Wildman–Crippen LogP) is 5.16. The summed E-state index contributed by atoms with van der Waals surface area (Å²) in [5, 5.41) is 6.02. The van der Waals surface area contributed by atoms with Gasteiger partial charge in [-0.15, -0.1) is 11.3 Å². The van der Waals surface area contributed by atoms with Gasteiger partial charge < -0.3 is 5.32 Å². The number of fused-ring (bicyclic) bond motifs is 1.